The summed E-state index contributed by atoms with van der Waals surface area (Å²) in [6.45, 7) is 0. The molecule has 5 heteroatoms. The van der Waals surface area contributed by atoms with Crippen LogP contribution in [0.15, 0.2) is 18.2 Å². The van der Waals surface area contributed by atoms with Gasteiger partial charge in [0, 0.05) is 11.6 Å². The topological polar surface area (TPSA) is 52.6 Å². The van der Waals surface area contributed by atoms with Gasteiger partial charge in [-0.3, -0.25) is 9.59 Å². The number of carbonyl (C=O) groups is 2. The molecule has 0 amide bonds. The minimum Gasteiger partial charge on any atom is -0.496 e. The van der Waals surface area contributed by atoms with Crippen LogP contribution in [0.25, 0.3) is 0 Å². The van der Waals surface area contributed by atoms with E-state index in [0.717, 1.165) is 0 Å². The van der Waals surface area contributed by atoms with Crippen LogP contribution in [0.4, 0.5) is 4.39 Å². The van der Waals surface area contributed by atoms with Crippen LogP contribution < -0.4 is 4.74 Å². The van der Waals surface area contributed by atoms with E-state index in [1.165, 1.54) is 25.3 Å². The molecule has 0 aromatic heterocycles. The fourth-order valence-corrected chi connectivity index (χ4v) is 1.68. The van der Waals surface area contributed by atoms with Gasteiger partial charge in [0.1, 0.15) is 11.6 Å². The van der Waals surface area contributed by atoms with Crippen LogP contribution in [0.3, 0.4) is 0 Å². The van der Waals surface area contributed by atoms with Crippen LogP contribution in [-0.2, 0) is 14.3 Å². The van der Waals surface area contributed by atoms with E-state index in [1.54, 1.807) is 0 Å². The number of hydrogen-bond acceptors (Lipinski definition) is 4. The molecule has 1 atom stereocenters. The minimum atomic E-state index is -0.692. The third kappa shape index (κ3) is 1.76. The molecule has 0 saturated carbocycles. The highest BCUT2D eigenvalue weighted by molar-refractivity contribution is 5.98. The van der Waals surface area contributed by atoms with E-state index >= 15 is 0 Å². The molecule has 0 radical (unpaired) electrons. The highest BCUT2D eigenvalue weighted by Gasteiger charge is 2.36. The van der Waals surface area contributed by atoms with Crippen LogP contribution >= 0.6 is 0 Å². The van der Waals surface area contributed by atoms with Crippen LogP contribution in [0.1, 0.15) is 17.9 Å². The molecule has 1 fully saturated rings. The van der Waals surface area contributed by atoms with Crippen LogP contribution in [-0.4, -0.2) is 19.0 Å². The van der Waals surface area contributed by atoms with Gasteiger partial charge in [-0.05, 0) is 6.07 Å². The molecule has 2 rings (SSSR count). The molecule has 84 valence electrons. The average Bonchev–Trinajstić information content (AvgIpc) is 2.57. The normalized spacial score (nSPS) is 19.8. The van der Waals surface area contributed by atoms with E-state index < -0.39 is 23.7 Å². The number of benzene rings is 1. The first-order chi connectivity index (χ1) is 7.61. The monoisotopic (exact) mass is 224 g/mol. The van der Waals surface area contributed by atoms with Gasteiger partial charge >= 0.3 is 11.9 Å². The van der Waals surface area contributed by atoms with Crippen LogP contribution in [0.5, 0.6) is 5.75 Å². The fourth-order valence-electron chi connectivity index (χ4n) is 1.68. The van der Waals surface area contributed by atoms with Gasteiger partial charge in [0.25, 0.3) is 0 Å². The van der Waals surface area contributed by atoms with E-state index in [1.807, 2.05) is 0 Å². The summed E-state index contributed by atoms with van der Waals surface area (Å²) in [4.78, 5) is 22.3. The number of carbonyl (C=O) groups excluding carboxylic acids is 2. The molecule has 1 aliphatic heterocycles. The summed E-state index contributed by atoms with van der Waals surface area (Å²) >= 11 is 0. The van der Waals surface area contributed by atoms with Gasteiger partial charge in [0.15, 0.2) is 0 Å². The maximum atomic E-state index is 12.9. The average molecular weight is 224 g/mol. The van der Waals surface area contributed by atoms with Gasteiger partial charge in [-0.25, -0.2) is 4.39 Å². The zero-order chi connectivity index (χ0) is 11.7. The van der Waals surface area contributed by atoms with E-state index in [0.29, 0.717) is 5.56 Å². The second kappa shape index (κ2) is 3.92. The third-order valence-corrected chi connectivity index (χ3v) is 2.44. The number of methoxy groups -OCH3 is 1. The molecule has 0 N–H and O–H groups in total. The lowest BCUT2D eigenvalue weighted by atomic mass is 9.97. The Balaban J connectivity index is 2.40. The SMILES string of the molecule is COc1cc(F)ccc1C1CC(=O)OC1=O. The summed E-state index contributed by atoms with van der Waals surface area (Å²) in [5.74, 6) is -2.09. The van der Waals surface area contributed by atoms with Crippen LogP contribution in [0.2, 0.25) is 0 Å². The number of hydrogen-bond donors (Lipinski definition) is 0. The lowest BCUT2D eigenvalue weighted by Crippen LogP contribution is -2.07. The zero-order valence-electron chi connectivity index (χ0n) is 8.53. The van der Waals surface area contributed by atoms with Gasteiger partial charge < -0.3 is 9.47 Å². The van der Waals surface area contributed by atoms with Crippen molar-refractivity contribution in [2.75, 3.05) is 7.11 Å². The lowest BCUT2D eigenvalue weighted by molar-refractivity contribution is -0.152. The summed E-state index contributed by atoms with van der Waals surface area (Å²) in [5, 5.41) is 0. The van der Waals surface area contributed by atoms with Gasteiger partial charge in [0.2, 0.25) is 0 Å². The van der Waals surface area contributed by atoms with Crippen molar-refractivity contribution >= 4 is 11.9 Å². The number of ether oxygens (including phenoxy) is 2. The van der Waals surface area contributed by atoms with Crippen molar-refractivity contribution in [1.82, 2.24) is 0 Å². The third-order valence-electron chi connectivity index (χ3n) is 2.44. The fraction of sp³-hybridized carbons (Fsp3) is 0.273. The van der Waals surface area contributed by atoms with E-state index in [4.69, 9.17) is 4.74 Å². The second-order valence-electron chi connectivity index (χ2n) is 3.44. The van der Waals surface area contributed by atoms with Gasteiger partial charge in [-0.15, -0.1) is 0 Å². The number of esters is 2. The van der Waals surface area contributed by atoms with Crippen molar-refractivity contribution in [2.45, 2.75) is 12.3 Å². The first-order valence-corrected chi connectivity index (χ1v) is 4.70. The predicted octanol–water partition coefficient (Wildman–Crippen LogP) is 1.39. The van der Waals surface area contributed by atoms with Crippen molar-refractivity contribution in [3.05, 3.63) is 29.6 Å². The Hall–Kier alpha value is -1.91. The molecule has 0 aliphatic carbocycles. The number of rotatable bonds is 2. The summed E-state index contributed by atoms with van der Waals surface area (Å²) in [5.41, 5.74) is 0.472. The molecular formula is C11H9FO4. The standard InChI is InChI=1S/C11H9FO4/c1-15-9-4-6(12)2-3-7(9)8-5-10(13)16-11(8)14/h2-4,8H,5H2,1H3. The molecule has 1 aromatic rings. The molecule has 4 nitrogen and oxygen atoms in total. The Morgan fingerprint density at radius 1 is 1.44 bits per heavy atom. The van der Waals surface area contributed by atoms with Crippen molar-refractivity contribution in [3.63, 3.8) is 0 Å². The largest absolute Gasteiger partial charge is 0.496 e. The maximum absolute atomic E-state index is 12.9. The number of cyclic esters (lactones) is 2. The van der Waals surface area contributed by atoms with Gasteiger partial charge in [-0.2, -0.15) is 0 Å². The molecule has 1 saturated heterocycles. The Morgan fingerprint density at radius 2 is 2.19 bits per heavy atom. The summed E-state index contributed by atoms with van der Waals surface area (Å²) < 4.78 is 22.3. The maximum Gasteiger partial charge on any atom is 0.321 e. The molecule has 1 unspecified atom stereocenters. The molecule has 1 aliphatic rings. The molecular weight excluding hydrogens is 215 g/mol. The summed E-state index contributed by atoms with van der Waals surface area (Å²) in [7, 11) is 1.38. The quantitative estimate of drug-likeness (QED) is 0.562. The first kappa shape index (κ1) is 10.6. The van der Waals surface area contributed by atoms with E-state index in [-0.39, 0.29) is 12.2 Å². The van der Waals surface area contributed by atoms with Gasteiger partial charge in [-0.1, -0.05) is 6.07 Å². The van der Waals surface area contributed by atoms with E-state index in [2.05, 4.69) is 4.74 Å². The van der Waals surface area contributed by atoms with Gasteiger partial charge in [0.05, 0.1) is 19.4 Å². The predicted molar refractivity (Wildman–Crippen MR) is 51.4 cm³/mol. The Morgan fingerprint density at radius 3 is 2.75 bits per heavy atom. The highest BCUT2D eigenvalue weighted by Crippen LogP contribution is 2.34. The highest BCUT2D eigenvalue weighted by atomic mass is 19.1. The molecule has 16 heavy (non-hydrogen) atoms. The Kier molecular flexibility index (Phi) is 2.60. The summed E-state index contributed by atoms with van der Waals surface area (Å²) in [6, 6.07) is 3.82. The molecule has 0 spiro atoms. The molecule has 0 bridgehead atoms. The molecule has 1 heterocycles. The van der Waals surface area contributed by atoms with Crippen molar-refractivity contribution in [3.8, 4) is 5.75 Å². The zero-order valence-corrected chi connectivity index (χ0v) is 8.53. The Labute approximate surface area is 91.0 Å². The summed E-state index contributed by atoms with van der Waals surface area (Å²) in [6.07, 6.45) is -0.0270. The van der Waals surface area contributed by atoms with E-state index in [9.17, 15) is 14.0 Å². The van der Waals surface area contributed by atoms with Crippen molar-refractivity contribution in [1.29, 1.82) is 0 Å². The molecule has 1 aromatic carbocycles. The van der Waals surface area contributed by atoms with Crippen molar-refractivity contribution in [2.24, 2.45) is 0 Å². The second-order valence-corrected chi connectivity index (χ2v) is 3.44. The smallest absolute Gasteiger partial charge is 0.321 e. The lowest BCUT2D eigenvalue weighted by Gasteiger charge is -2.10. The first-order valence-electron chi connectivity index (χ1n) is 4.70. The number of halogens is 1. The van der Waals surface area contributed by atoms with Crippen molar-refractivity contribution < 1.29 is 23.5 Å². The Bertz CT molecular complexity index is 455. The van der Waals surface area contributed by atoms with Crippen LogP contribution in [0, 0.1) is 5.82 Å². The minimum absolute atomic E-state index is 0.0270.